The third-order valence-corrected chi connectivity index (χ3v) is 5.09. The normalized spacial score (nSPS) is 14.9. The Bertz CT molecular complexity index is 300. The molecule has 0 amide bonds. The van der Waals surface area contributed by atoms with Gasteiger partial charge in [0.05, 0.1) is 9.65 Å². The molecule has 0 bridgehead atoms. The van der Waals surface area contributed by atoms with Crippen LogP contribution in [-0.4, -0.2) is 24.3 Å². The van der Waals surface area contributed by atoms with Gasteiger partial charge in [-0.05, 0) is 19.4 Å². The topological polar surface area (TPSA) is 18.5 Å². The van der Waals surface area contributed by atoms with Gasteiger partial charge in [0.2, 0.25) is 0 Å². The molecule has 0 saturated carbocycles. The highest BCUT2D eigenvalue weighted by atomic mass is 79.9. The van der Waals surface area contributed by atoms with Gasteiger partial charge in [-0.3, -0.25) is 0 Å². The monoisotopic (exact) mass is 364 g/mol. The van der Waals surface area contributed by atoms with Crippen LogP contribution in [0.25, 0.3) is 0 Å². The van der Waals surface area contributed by atoms with E-state index in [2.05, 4.69) is 44.0 Å². The minimum absolute atomic E-state index is 0.0739. The van der Waals surface area contributed by atoms with Crippen molar-refractivity contribution in [1.82, 2.24) is 0 Å². The maximum absolute atomic E-state index is 5.59. The van der Waals surface area contributed by atoms with Crippen molar-refractivity contribution in [1.29, 1.82) is 0 Å². The average Bonchev–Trinajstić information content (AvgIpc) is 2.38. The highest BCUT2D eigenvalue weighted by Crippen LogP contribution is 2.34. The number of alkyl halides is 2. The highest BCUT2D eigenvalue weighted by molar-refractivity contribution is 9.12. The van der Waals surface area contributed by atoms with E-state index in [0.29, 0.717) is 13.2 Å². The molecule has 4 heteroatoms. The van der Waals surface area contributed by atoms with Crippen LogP contribution in [0, 0.1) is 0 Å². The molecule has 96 valence electrons. The molecule has 1 aromatic rings. The van der Waals surface area contributed by atoms with E-state index < -0.39 is 0 Å². The lowest BCUT2D eigenvalue weighted by molar-refractivity contribution is -0.134. The molecule has 0 aliphatic rings. The fourth-order valence-electron chi connectivity index (χ4n) is 1.52. The SMILES string of the molecule is CCOC(OCC)C(Br)C(Br)c1ccccc1. The molecule has 0 aliphatic heterocycles. The number of halogens is 2. The average molecular weight is 366 g/mol. The van der Waals surface area contributed by atoms with Crippen LogP contribution in [0.5, 0.6) is 0 Å². The van der Waals surface area contributed by atoms with E-state index in [0.717, 1.165) is 0 Å². The summed E-state index contributed by atoms with van der Waals surface area (Å²) >= 11 is 7.34. The molecule has 0 radical (unpaired) electrons. The van der Waals surface area contributed by atoms with Crippen molar-refractivity contribution in [2.24, 2.45) is 0 Å². The zero-order chi connectivity index (χ0) is 12.7. The van der Waals surface area contributed by atoms with E-state index in [1.54, 1.807) is 0 Å². The first-order valence-corrected chi connectivity index (χ1v) is 7.60. The van der Waals surface area contributed by atoms with E-state index in [-0.39, 0.29) is 15.9 Å². The first-order chi connectivity index (χ1) is 8.20. The Balaban J connectivity index is 2.69. The third-order valence-electron chi connectivity index (χ3n) is 2.32. The number of hydrogen-bond acceptors (Lipinski definition) is 2. The second-order valence-corrected chi connectivity index (χ2v) is 5.58. The summed E-state index contributed by atoms with van der Waals surface area (Å²) in [6, 6.07) is 10.2. The second kappa shape index (κ2) is 8.25. The number of benzene rings is 1. The van der Waals surface area contributed by atoms with Crippen molar-refractivity contribution in [2.45, 2.75) is 29.8 Å². The lowest BCUT2D eigenvalue weighted by Gasteiger charge is -2.26. The van der Waals surface area contributed by atoms with Gasteiger partial charge in [-0.25, -0.2) is 0 Å². The van der Waals surface area contributed by atoms with E-state index in [1.807, 2.05) is 32.0 Å². The van der Waals surface area contributed by atoms with E-state index >= 15 is 0 Å². The fourth-order valence-corrected chi connectivity index (χ4v) is 2.68. The molecule has 0 heterocycles. The zero-order valence-corrected chi connectivity index (χ0v) is 13.3. The summed E-state index contributed by atoms with van der Waals surface area (Å²) in [6.07, 6.45) is -0.241. The lowest BCUT2D eigenvalue weighted by atomic mass is 10.1. The Labute approximate surface area is 120 Å². The summed E-state index contributed by atoms with van der Waals surface area (Å²) < 4.78 is 11.2. The second-order valence-electron chi connectivity index (χ2n) is 3.54. The van der Waals surface area contributed by atoms with Gasteiger partial charge in [-0.1, -0.05) is 62.2 Å². The lowest BCUT2D eigenvalue weighted by Crippen LogP contribution is -2.30. The van der Waals surface area contributed by atoms with Gasteiger partial charge in [0.1, 0.15) is 0 Å². The summed E-state index contributed by atoms with van der Waals surface area (Å²) in [7, 11) is 0. The van der Waals surface area contributed by atoms with Gasteiger partial charge >= 0.3 is 0 Å². The fraction of sp³-hybridized carbons (Fsp3) is 0.538. The molecule has 2 atom stereocenters. The smallest absolute Gasteiger partial charge is 0.171 e. The van der Waals surface area contributed by atoms with Crippen molar-refractivity contribution >= 4 is 31.9 Å². The zero-order valence-electron chi connectivity index (χ0n) is 10.1. The summed E-state index contributed by atoms with van der Waals surface area (Å²) in [6.45, 7) is 5.22. The van der Waals surface area contributed by atoms with E-state index in [1.165, 1.54) is 5.56 Å². The minimum Gasteiger partial charge on any atom is -0.352 e. The molecule has 0 saturated heterocycles. The van der Waals surface area contributed by atoms with Crippen LogP contribution in [0.1, 0.15) is 24.2 Å². The Hall–Kier alpha value is 0.1000. The quantitative estimate of drug-likeness (QED) is 0.530. The molecule has 1 aromatic carbocycles. The van der Waals surface area contributed by atoms with Gasteiger partial charge in [0.15, 0.2) is 6.29 Å². The van der Waals surface area contributed by atoms with Gasteiger partial charge in [0.25, 0.3) is 0 Å². The third kappa shape index (κ3) is 4.70. The van der Waals surface area contributed by atoms with Crippen molar-refractivity contribution < 1.29 is 9.47 Å². The molecule has 17 heavy (non-hydrogen) atoms. The predicted molar refractivity (Wildman–Crippen MR) is 77.9 cm³/mol. The van der Waals surface area contributed by atoms with Crippen molar-refractivity contribution in [3.8, 4) is 0 Å². The first kappa shape index (κ1) is 15.2. The van der Waals surface area contributed by atoms with Crippen LogP contribution >= 0.6 is 31.9 Å². The van der Waals surface area contributed by atoms with Gasteiger partial charge in [-0.15, -0.1) is 0 Å². The molecule has 0 N–H and O–H groups in total. The maximum atomic E-state index is 5.59. The summed E-state index contributed by atoms with van der Waals surface area (Å²) in [5, 5.41) is 0. The van der Waals surface area contributed by atoms with Crippen LogP contribution in [0.4, 0.5) is 0 Å². The standard InChI is InChI=1S/C13H18Br2O2/c1-3-16-13(17-4-2)12(15)11(14)10-8-6-5-7-9-10/h5-9,11-13H,3-4H2,1-2H3. The minimum atomic E-state index is -0.241. The van der Waals surface area contributed by atoms with Gasteiger partial charge in [0, 0.05) is 13.2 Å². The van der Waals surface area contributed by atoms with E-state index in [4.69, 9.17) is 9.47 Å². The largest absolute Gasteiger partial charge is 0.352 e. The van der Waals surface area contributed by atoms with Crippen LogP contribution in [0.2, 0.25) is 0 Å². The van der Waals surface area contributed by atoms with Crippen LogP contribution in [0.3, 0.4) is 0 Å². The Kier molecular flexibility index (Phi) is 7.35. The predicted octanol–water partition coefficient (Wildman–Crippen LogP) is 4.29. The summed E-state index contributed by atoms with van der Waals surface area (Å²) in [5.41, 5.74) is 1.21. The Morgan fingerprint density at radius 3 is 2.00 bits per heavy atom. The molecule has 2 nitrogen and oxygen atoms in total. The summed E-state index contributed by atoms with van der Waals surface area (Å²) in [5.74, 6) is 0. The first-order valence-electron chi connectivity index (χ1n) is 5.77. The van der Waals surface area contributed by atoms with E-state index in [9.17, 15) is 0 Å². The van der Waals surface area contributed by atoms with Crippen molar-refractivity contribution in [2.75, 3.05) is 13.2 Å². The molecule has 1 rings (SSSR count). The van der Waals surface area contributed by atoms with Gasteiger partial charge in [-0.2, -0.15) is 0 Å². The maximum Gasteiger partial charge on any atom is 0.171 e. The van der Waals surface area contributed by atoms with Crippen LogP contribution in [0.15, 0.2) is 30.3 Å². The van der Waals surface area contributed by atoms with Crippen LogP contribution < -0.4 is 0 Å². The molecule has 0 aliphatic carbocycles. The molecule has 0 aromatic heterocycles. The molecular weight excluding hydrogens is 348 g/mol. The molecule has 2 unspecified atom stereocenters. The number of ether oxygens (including phenoxy) is 2. The number of rotatable bonds is 7. The van der Waals surface area contributed by atoms with Crippen LogP contribution in [-0.2, 0) is 9.47 Å². The van der Waals surface area contributed by atoms with Crippen molar-refractivity contribution in [3.63, 3.8) is 0 Å². The summed E-state index contributed by atoms with van der Waals surface area (Å²) in [4.78, 5) is 0.233. The number of hydrogen-bond donors (Lipinski definition) is 0. The Morgan fingerprint density at radius 2 is 1.53 bits per heavy atom. The Morgan fingerprint density at radius 1 is 1.00 bits per heavy atom. The van der Waals surface area contributed by atoms with Crippen molar-refractivity contribution in [3.05, 3.63) is 35.9 Å². The molecule has 0 fully saturated rings. The molecule has 0 spiro atoms. The highest BCUT2D eigenvalue weighted by Gasteiger charge is 2.27. The molecular formula is C13H18Br2O2. The van der Waals surface area contributed by atoms with Gasteiger partial charge < -0.3 is 9.47 Å².